The smallest absolute Gasteiger partial charge is 0.256 e. The number of halogens is 1. The monoisotopic (exact) mass is 298 g/mol. The number of nitrogens with one attached hydrogen (secondary N) is 1. The van der Waals surface area contributed by atoms with E-state index in [4.69, 9.17) is 34.3 Å². The van der Waals surface area contributed by atoms with Gasteiger partial charge in [-0.15, -0.1) is 0 Å². The van der Waals surface area contributed by atoms with Gasteiger partial charge in [0.05, 0.1) is 5.69 Å². The fourth-order valence-corrected chi connectivity index (χ4v) is 2.40. The molecule has 4 nitrogen and oxygen atoms in total. The van der Waals surface area contributed by atoms with Crippen molar-refractivity contribution in [3.05, 3.63) is 28.8 Å². The highest BCUT2D eigenvalue weighted by Gasteiger charge is 2.38. The molecule has 0 bridgehead atoms. The molecule has 0 spiro atoms. The predicted molar refractivity (Wildman–Crippen MR) is 79.6 cm³/mol. The molecule has 1 aromatic rings. The van der Waals surface area contributed by atoms with Crippen LogP contribution in [0.1, 0.15) is 25.3 Å². The Labute approximate surface area is 122 Å². The minimum atomic E-state index is -0.796. The van der Waals surface area contributed by atoms with E-state index in [0.29, 0.717) is 29.3 Å². The van der Waals surface area contributed by atoms with Gasteiger partial charge in [-0.1, -0.05) is 23.8 Å². The Morgan fingerprint density at radius 3 is 2.89 bits per heavy atom. The van der Waals surface area contributed by atoms with E-state index < -0.39 is 5.60 Å². The van der Waals surface area contributed by atoms with Gasteiger partial charge in [-0.25, -0.2) is 0 Å². The van der Waals surface area contributed by atoms with Crippen molar-refractivity contribution in [2.24, 2.45) is 5.73 Å². The predicted octanol–water partition coefficient (Wildman–Crippen LogP) is 2.48. The summed E-state index contributed by atoms with van der Waals surface area (Å²) in [5.41, 5.74) is 5.94. The normalized spacial score (nSPS) is 22.2. The largest absolute Gasteiger partial charge is 0.389 e. The zero-order valence-corrected chi connectivity index (χ0v) is 12.1. The summed E-state index contributed by atoms with van der Waals surface area (Å²) >= 11 is 10.9. The van der Waals surface area contributed by atoms with E-state index in [2.05, 4.69) is 5.32 Å². The van der Waals surface area contributed by atoms with Gasteiger partial charge >= 0.3 is 0 Å². The molecule has 1 atom stereocenters. The molecule has 0 aromatic heterocycles. The number of rotatable bonds is 3. The summed E-state index contributed by atoms with van der Waals surface area (Å²) < 4.78 is 5.50. The fourth-order valence-electron chi connectivity index (χ4n) is 2.05. The van der Waals surface area contributed by atoms with Gasteiger partial charge < -0.3 is 15.8 Å². The number of anilines is 1. The van der Waals surface area contributed by atoms with Gasteiger partial charge in [-0.3, -0.25) is 4.79 Å². The summed E-state index contributed by atoms with van der Waals surface area (Å²) in [5, 5.41) is 3.31. The lowest BCUT2D eigenvalue weighted by Crippen LogP contribution is -2.39. The van der Waals surface area contributed by atoms with Crippen LogP contribution in [0, 0.1) is 0 Å². The molecule has 0 saturated carbocycles. The lowest BCUT2D eigenvalue weighted by molar-refractivity contribution is -0.133. The molecule has 19 heavy (non-hydrogen) atoms. The second-order valence-electron chi connectivity index (χ2n) is 4.69. The van der Waals surface area contributed by atoms with Gasteiger partial charge in [0.2, 0.25) is 0 Å². The van der Waals surface area contributed by atoms with Gasteiger partial charge in [-0.2, -0.15) is 0 Å². The first-order chi connectivity index (χ1) is 8.92. The highest BCUT2D eigenvalue weighted by Crippen LogP contribution is 2.28. The molecule has 1 unspecified atom stereocenters. The summed E-state index contributed by atoms with van der Waals surface area (Å²) in [6, 6.07) is 5.00. The Balaban J connectivity index is 2.25. The van der Waals surface area contributed by atoms with Crippen LogP contribution in [-0.2, 0) is 9.53 Å². The third kappa shape index (κ3) is 3.05. The number of hydrogen-bond donors (Lipinski definition) is 2. The number of carbonyl (C=O) groups excluding carboxylic acids is 1. The van der Waals surface area contributed by atoms with Crippen LogP contribution in [-0.4, -0.2) is 23.1 Å². The van der Waals surface area contributed by atoms with E-state index in [1.54, 1.807) is 25.1 Å². The highest BCUT2D eigenvalue weighted by atomic mass is 35.5. The van der Waals surface area contributed by atoms with Crippen molar-refractivity contribution in [2.45, 2.75) is 25.4 Å². The van der Waals surface area contributed by atoms with E-state index in [0.717, 1.165) is 6.42 Å². The van der Waals surface area contributed by atoms with Crippen molar-refractivity contribution in [1.29, 1.82) is 0 Å². The van der Waals surface area contributed by atoms with Crippen molar-refractivity contribution < 1.29 is 9.53 Å². The maximum absolute atomic E-state index is 12.3. The van der Waals surface area contributed by atoms with Crippen LogP contribution in [0.4, 0.5) is 5.69 Å². The standard InChI is InChI=1S/C13H15ClN2O2S/c1-13(5-2-6-18-13)12(17)16-10-7-8(14)3-4-9(10)11(15)19/h3-4,7H,2,5-6H2,1H3,(H2,15,19)(H,16,17). The van der Waals surface area contributed by atoms with Gasteiger partial charge in [0.15, 0.2) is 0 Å². The first-order valence-corrected chi connectivity index (χ1v) is 6.76. The van der Waals surface area contributed by atoms with Gasteiger partial charge in [0.1, 0.15) is 10.6 Å². The van der Waals surface area contributed by atoms with Crippen LogP contribution < -0.4 is 11.1 Å². The van der Waals surface area contributed by atoms with E-state index >= 15 is 0 Å². The summed E-state index contributed by atoms with van der Waals surface area (Å²) in [7, 11) is 0. The molecule has 1 amide bonds. The minimum absolute atomic E-state index is 0.204. The molecule has 1 aliphatic heterocycles. The van der Waals surface area contributed by atoms with Crippen LogP contribution in [0.25, 0.3) is 0 Å². The lowest BCUT2D eigenvalue weighted by atomic mass is 10.0. The molecule has 1 aromatic carbocycles. The Kier molecular flexibility index (Phi) is 4.08. The molecular weight excluding hydrogens is 284 g/mol. The number of nitrogens with two attached hydrogens (primary N) is 1. The lowest BCUT2D eigenvalue weighted by Gasteiger charge is -2.22. The Morgan fingerprint density at radius 2 is 2.32 bits per heavy atom. The van der Waals surface area contributed by atoms with E-state index in [9.17, 15) is 4.79 Å². The third-order valence-corrected chi connectivity index (χ3v) is 3.65. The van der Waals surface area contributed by atoms with Crippen LogP contribution in [0.5, 0.6) is 0 Å². The average Bonchev–Trinajstić information content (AvgIpc) is 2.77. The van der Waals surface area contributed by atoms with E-state index in [1.807, 2.05) is 0 Å². The maximum atomic E-state index is 12.3. The zero-order chi connectivity index (χ0) is 14.0. The summed E-state index contributed by atoms with van der Waals surface area (Å²) in [6.07, 6.45) is 1.57. The van der Waals surface area contributed by atoms with Crippen LogP contribution >= 0.6 is 23.8 Å². The maximum Gasteiger partial charge on any atom is 0.256 e. The van der Waals surface area contributed by atoms with Crippen molar-refractivity contribution in [1.82, 2.24) is 0 Å². The number of hydrogen-bond acceptors (Lipinski definition) is 3. The second kappa shape index (κ2) is 5.45. The molecule has 0 aliphatic carbocycles. The van der Waals surface area contributed by atoms with E-state index in [-0.39, 0.29) is 10.9 Å². The summed E-state index contributed by atoms with van der Waals surface area (Å²) in [6.45, 7) is 2.38. The topological polar surface area (TPSA) is 64.4 Å². The van der Waals surface area contributed by atoms with E-state index in [1.165, 1.54) is 0 Å². The second-order valence-corrected chi connectivity index (χ2v) is 5.57. The molecule has 3 N–H and O–H groups in total. The third-order valence-electron chi connectivity index (χ3n) is 3.19. The van der Waals surface area contributed by atoms with Gasteiger partial charge in [-0.05, 0) is 38.0 Å². The van der Waals surface area contributed by atoms with Crippen LogP contribution in [0.2, 0.25) is 5.02 Å². The molecule has 2 rings (SSSR count). The fraction of sp³-hybridized carbons (Fsp3) is 0.385. The minimum Gasteiger partial charge on any atom is -0.389 e. The number of carbonyl (C=O) groups is 1. The van der Waals surface area contributed by atoms with Crippen molar-refractivity contribution >= 4 is 40.4 Å². The molecular formula is C13H15ClN2O2S. The molecule has 6 heteroatoms. The number of amides is 1. The number of thiocarbonyl (C=S) groups is 1. The quantitative estimate of drug-likeness (QED) is 0.842. The number of ether oxygens (including phenoxy) is 1. The zero-order valence-electron chi connectivity index (χ0n) is 10.5. The molecule has 0 radical (unpaired) electrons. The summed E-state index contributed by atoms with van der Waals surface area (Å²) in [5.74, 6) is -0.204. The Morgan fingerprint density at radius 1 is 1.58 bits per heavy atom. The molecule has 1 fully saturated rings. The first kappa shape index (κ1) is 14.2. The molecule has 102 valence electrons. The van der Waals surface area contributed by atoms with Gasteiger partial charge in [0, 0.05) is 17.2 Å². The van der Waals surface area contributed by atoms with Crippen LogP contribution in [0.15, 0.2) is 18.2 Å². The SMILES string of the molecule is CC1(C(=O)Nc2cc(Cl)ccc2C(N)=S)CCCO1. The van der Waals surface area contributed by atoms with Crippen molar-refractivity contribution in [3.63, 3.8) is 0 Å². The molecule has 1 aliphatic rings. The summed E-state index contributed by atoms with van der Waals surface area (Å²) in [4.78, 5) is 12.5. The van der Waals surface area contributed by atoms with Crippen molar-refractivity contribution in [3.8, 4) is 0 Å². The Bertz CT molecular complexity index is 527. The molecule has 1 heterocycles. The average molecular weight is 299 g/mol. The highest BCUT2D eigenvalue weighted by molar-refractivity contribution is 7.80. The molecule has 1 saturated heterocycles. The van der Waals surface area contributed by atoms with Gasteiger partial charge in [0.25, 0.3) is 5.91 Å². The van der Waals surface area contributed by atoms with Crippen molar-refractivity contribution in [2.75, 3.05) is 11.9 Å². The number of benzene rings is 1. The van der Waals surface area contributed by atoms with Crippen LogP contribution in [0.3, 0.4) is 0 Å². The first-order valence-electron chi connectivity index (χ1n) is 5.97. The Hall–Kier alpha value is -1.17.